The van der Waals surface area contributed by atoms with Crippen molar-refractivity contribution >= 4 is 11.9 Å². The molecule has 0 aliphatic heterocycles. The van der Waals surface area contributed by atoms with Crippen LogP contribution in [0.2, 0.25) is 0 Å². The topological polar surface area (TPSA) is 68.5 Å². The van der Waals surface area contributed by atoms with E-state index in [1.807, 2.05) is 0 Å². The van der Waals surface area contributed by atoms with Gasteiger partial charge < -0.3 is 14.4 Å². The highest BCUT2D eigenvalue weighted by atomic mass is 16.5. The van der Waals surface area contributed by atoms with Gasteiger partial charge in [-0.3, -0.25) is 0 Å². The van der Waals surface area contributed by atoms with Crippen molar-refractivity contribution in [2.45, 2.75) is 0 Å². The number of hydrogen-bond acceptors (Lipinski definition) is 3. The molecule has 0 radical (unpaired) electrons. The molecule has 0 saturated carbocycles. The average Bonchev–Trinajstić information content (AvgIpc) is 2.46. The molecule has 0 aliphatic carbocycles. The molecular weight excluding hydrogens is 174 g/mol. The standard InChI is InChI=1S/C8H9NO4/c1-9-5(7(10)11)3-4-6(9)8(12)13-2/h3-4H,1-2H3,(H,10,11). The second-order valence-electron chi connectivity index (χ2n) is 2.46. The van der Waals surface area contributed by atoms with Crippen LogP contribution in [0.5, 0.6) is 0 Å². The zero-order valence-electron chi connectivity index (χ0n) is 7.27. The van der Waals surface area contributed by atoms with Crippen molar-refractivity contribution in [2.24, 2.45) is 7.05 Å². The van der Waals surface area contributed by atoms with Gasteiger partial charge in [0, 0.05) is 7.05 Å². The van der Waals surface area contributed by atoms with E-state index in [1.165, 1.54) is 30.9 Å². The molecule has 0 aromatic carbocycles. The Morgan fingerprint density at radius 2 is 1.92 bits per heavy atom. The zero-order valence-corrected chi connectivity index (χ0v) is 7.27. The number of methoxy groups -OCH3 is 1. The van der Waals surface area contributed by atoms with Gasteiger partial charge >= 0.3 is 11.9 Å². The summed E-state index contributed by atoms with van der Waals surface area (Å²) < 4.78 is 5.73. The Bertz CT molecular complexity index is 353. The van der Waals surface area contributed by atoms with Crippen LogP contribution in [-0.4, -0.2) is 28.7 Å². The van der Waals surface area contributed by atoms with E-state index in [2.05, 4.69) is 4.74 Å². The third-order valence-corrected chi connectivity index (χ3v) is 1.74. The van der Waals surface area contributed by atoms with E-state index in [-0.39, 0.29) is 11.4 Å². The largest absolute Gasteiger partial charge is 0.477 e. The van der Waals surface area contributed by atoms with Crippen molar-refractivity contribution in [2.75, 3.05) is 7.11 Å². The van der Waals surface area contributed by atoms with Crippen LogP contribution in [0.4, 0.5) is 0 Å². The lowest BCUT2D eigenvalue weighted by atomic mass is 10.4. The first kappa shape index (κ1) is 9.31. The van der Waals surface area contributed by atoms with Crippen LogP contribution < -0.4 is 0 Å². The Morgan fingerprint density at radius 1 is 1.38 bits per heavy atom. The second-order valence-corrected chi connectivity index (χ2v) is 2.46. The molecule has 0 atom stereocenters. The highest BCUT2D eigenvalue weighted by Crippen LogP contribution is 2.07. The number of rotatable bonds is 2. The number of hydrogen-bond donors (Lipinski definition) is 1. The van der Waals surface area contributed by atoms with Gasteiger partial charge in [-0.2, -0.15) is 0 Å². The van der Waals surface area contributed by atoms with Crippen LogP contribution >= 0.6 is 0 Å². The first-order chi connectivity index (χ1) is 6.07. The summed E-state index contributed by atoms with van der Waals surface area (Å²) in [6.45, 7) is 0. The first-order valence-corrected chi connectivity index (χ1v) is 3.55. The third kappa shape index (κ3) is 1.53. The van der Waals surface area contributed by atoms with E-state index in [0.717, 1.165) is 0 Å². The molecule has 13 heavy (non-hydrogen) atoms. The lowest BCUT2D eigenvalue weighted by molar-refractivity contribution is 0.0589. The van der Waals surface area contributed by atoms with E-state index in [1.54, 1.807) is 0 Å². The molecule has 5 heteroatoms. The Hall–Kier alpha value is -1.78. The van der Waals surface area contributed by atoms with E-state index in [9.17, 15) is 9.59 Å². The van der Waals surface area contributed by atoms with Crippen LogP contribution in [-0.2, 0) is 11.8 Å². The van der Waals surface area contributed by atoms with E-state index in [4.69, 9.17) is 5.11 Å². The van der Waals surface area contributed by atoms with Crippen LogP contribution in [0.3, 0.4) is 0 Å². The first-order valence-electron chi connectivity index (χ1n) is 3.55. The molecule has 0 fully saturated rings. The monoisotopic (exact) mass is 183 g/mol. The number of carbonyl (C=O) groups excluding carboxylic acids is 1. The van der Waals surface area contributed by atoms with Crippen LogP contribution in [0.25, 0.3) is 0 Å². The minimum atomic E-state index is -1.07. The van der Waals surface area contributed by atoms with Gasteiger partial charge in [-0.25, -0.2) is 9.59 Å². The van der Waals surface area contributed by atoms with Crippen molar-refractivity contribution in [3.63, 3.8) is 0 Å². The summed E-state index contributed by atoms with van der Waals surface area (Å²) in [4.78, 5) is 21.6. The van der Waals surface area contributed by atoms with Gasteiger partial charge in [0.05, 0.1) is 7.11 Å². The van der Waals surface area contributed by atoms with Gasteiger partial charge in [0.15, 0.2) is 0 Å². The van der Waals surface area contributed by atoms with Crippen molar-refractivity contribution in [1.82, 2.24) is 4.57 Å². The summed E-state index contributed by atoms with van der Waals surface area (Å²) in [6, 6.07) is 2.77. The van der Waals surface area contributed by atoms with E-state index >= 15 is 0 Å². The molecule has 0 spiro atoms. The number of carboxylic acid groups (broad SMARTS) is 1. The third-order valence-electron chi connectivity index (χ3n) is 1.74. The average molecular weight is 183 g/mol. The molecule has 5 nitrogen and oxygen atoms in total. The Balaban J connectivity index is 3.13. The van der Waals surface area contributed by atoms with Crippen molar-refractivity contribution in [1.29, 1.82) is 0 Å². The van der Waals surface area contributed by atoms with E-state index < -0.39 is 11.9 Å². The fourth-order valence-corrected chi connectivity index (χ4v) is 1.04. The number of carbonyl (C=O) groups is 2. The quantitative estimate of drug-likeness (QED) is 0.678. The minimum absolute atomic E-state index is 0.0559. The molecule has 0 saturated heterocycles. The maximum Gasteiger partial charge on any atom is 0.354 e. The summed E-state index contributed by atoms with van der Waals surface area (Å²) in [6.07, 6.45) is 0. The normalized spacial score (nSPS) is 9.69. The molecule has 0 amide bonds. The van der Waals surface area contributed by atoms with Crippen molar-refractivity contribution < 1.29 is 19.4 Å². The number of nitrogens with zero attached hydrogens (tertiary/aromatic N) is 1. The maximum atomic E-state index is 11.0. The highest BCUT2D eigenvalue weighted by Gasteiger charge is 2.15. The number of aromatic nitrogens is 1. The van der Waals surface area contributed by atoms with Gasteiger partial charge in [0.2, 0.25) is 0 Å². The van der Waals surface area contributed by atoms with Gasteiger partial charge in [-0.05, 0) is 12.1 Å². The van der Waals surface area contributed by atoms with Gasteiger partial charge in [-0.1, -0.05) is 0 Å². The summed E-state index contributed by atoms with van der Waals surface area (Å²) in [5.41, 5.74) is 0.278. The molecular formula is C8H9NO4. The van der Waals surface area contributed by atoms with Gasteiger partial charge in [-0.15, -0.1) is 0 Å². The van der Waals surface area contributed by atoms with Crippen LogP contribution in [0.1, 0.15) is 21.0 Å². The lowest BCUT2D eigenvalue weighted by Gasteiger charge is -2.02. The lowest BCUT2D eigenvalue weighted by Crippen LogP contribution is -2.11. The summed E-state index contributed by atoms with van der Waals surface area (Å²) in [5, 5.41) is 8.66. The van der Waals surface area contributed by atoms with Gasteiger partial charge in [0.25, 0.3) is 0 Å². The van der Waals surface area contributed by atoms with Crippen molar-refractivity contribution in [3.8, 4) is 0 Å². The second kappa shape index (κ2) is 3.30. The molecule has 1 heterocycles. The fraction of sp³-hybridized carbons (Fsp3) is 0.250. The van der Waals surface area contributed by atoms with Crippen LogP contribution in [0.15, 0.2) is 12.1 Å². The van der Waals surface area contributed by atoms with E-state index in [0.29, 0.717) is 0 Å². The molecule has 0 unspecified atom stereocenters. The Kier molecular flexibility index (Phi) is 2.36. The molecule has 0 aliphatic rings. The molecule has 1 N–H and O–H groups in total. The van der Waals surface area contributed by atoms with Crippen molar-refractivity contribution in [3.05, 3.63) is 23.5 Å². The number of ether oxygens (including phenoxy) is 1. The fourth-order valence-electron chi connectivity index (χ4n) is 1.04. The number of aromatic carboxylic acids is 1. The predicted octanol–water partition coefficient (Wildman–Crippen LogP) is 0.510. The van der Waals surface area contributed by atoms with Crippen LogP contribution in [0, 0.1) is 0 Å². The minimum Gasteiger partial charge on any atom is -0.477 e. The molecule has 70 valence electrons. The molecule has 0 bridgehead atoms. The molecule has 1 aromatic heterocycles. The molecule has 1 rings (SSSR count). The smallest absolute Gasteiger partial charge is 0.354 e. The molecule has 1 aromatic rings. The van der Waals surface area contributed by atoms with Gasteiger partial charge in [0.1, 0.15) is 11.4 Å². The Morgan fingerprint density at radius 3 is 2.31 bits per heavy atom. The Labute approximate surface area is 74.5 Å². The predicted molar refractivity (Wildman–Crippen MR) is 43.7 cm³/mol. The number of esters is 1. The summed E-state index contributed by atoms with van der Waals surface area (Å²) in [5.74, 6) is -1.62. The summed E-state index contributed by atoms with van der Waals surface area (Å²) >= 11 is 0. The SMILES string of the molecule is COC(=O)c1ccc(C(=O)O)n1C. The zero-order chi connectivity index (χ0) is 10.0. The maximum absolute atomic E-state index is 11.0. The summed E-state index contributed by atoms with van der Waals surface area (Å²) in [7, 11) is 2.74. The number of carboxylic acids is 1. The highest BCUT2D eigenvalue weighted by molar-refractivity contribution is 5.92.